The number of halogens is 1. The number of nitrogens with zero attached hydrogens (tertiary/aromatic N) is 3. The zero-order valence-electron chi connectivity index (χ0n) is 11.3. The zero-order valence-corrected chi connectivity index (χ0v) is 12.9. The molecule has 0 saturated heterocycles. The van der Waals surface area contributed by atoms with E-state index in [9.17, 15) is 0 Å². The molecule has 1 fully saturated rings. The van der Waals surface area contributed by atoms with E-state index in [1.807, 2.05) is 14.1 Å². The van der Waals surface area contributed by atoms with Crippen LogP contribution in [0, 0.1) is 0 Å². The molecule has 4 nitrogen and oxygen atoms in total. The summed E-state index contributed by atoms with van der Waals surface area (Å²) in [6, 6.07) is 0. The number of hydrogen-bond acceptors (Lipinski definition) is 4. The Labute approximate surface area is 117 Å². The molecule has 5 heteroatoms. The van der Waals surface area contributed by atoms with Gasteiger partial charge in [0.2, 0.25) is 0 Å². The zero-order chi connectivity index (χ0) is 13.1. The van der Waals surface area contributed by atoms with E-state index in [1.165, 1.54) is 18.5 Å². The summed E-state index contributed by atoms with van der Waals surface area (Å²) in [5.41, 5.74) is 1.18. The largest absolute Gasteiger partial charge is 0.369 e. The minimum atomic E-state index is 0.630. The van der Waals surface area contributed by atoms with Crippen molar-refractivity contribution in [3.8, 4) is 0 Å². The van der Waals surface area contributed by atoms with E-state index in [2.05, 4.69) is 38.1 Å². The molecule has 1 aliphatic rings. The van der Waals surface area contributed by atoms with Crippen LogP contribution in [0.25, 0.3) is 0 Å². The Hall–Kier alpha value is -0.680. The first kappa shape index (κ1) is 13.7. The lowest BCUT2D eigenvalue weighted by molar-refractivity contribution is 0.389. The second-order valence-corrected chi connectivity index (χ2v) is 5.92. The Kier molecular flexibility index (Phi) is 4.56. The van der Waals surface area contributed by atoms with Crippen LogP contribution in [0.1, 0.15) is 43.6 Å². The van der Waals surface area contributed by atoms with Gasteiger partial charge in [-0.2, -0.15) is 0 Å². The van der Waals surface area contributed by atoms with Gasteiger partial charge in [-0.15, -0.1) is 0 Å². The van der Waals surface area contributed by atoms with Crippen LogP contribution in [-0.2, 0) is 6.54 Å². The van der Waals surface area contributed by atoms with E-state index in [1.54, 1.807) is 0 Å². The Morgan fingerprint density at radius 1 is 1.33 bits per heavy atom. The van der Waals surface area contributed by atoms with Gasteiger partial charge in [0.15, 0.2) is 0 Å². The first-order valence-electron chi connectivity index (χ1n) is 6.56. The van der Waals surface area contributed by atoms with Crippen molar-refractivity contribution in [3.05, 3.63) is 16.0 Å². The molecule has 100 valence electrons. The van der Waals surface area contributed by atoms with Gasteiger partial charge in [-0.3, -0.25) is 0 Å². The Balaban J connectivity index is 2.27. The molecular weight excluding hydrogens is 292 g/mol. The smallest absolute Gasteiger partial charge is 0.145 e. The van der Waals surface area contributed by atoms with E-state index in [4.69, 9.17) is 4.98 Å². The second-order valence-electron chi connectivity index (χ2n) is 5.13. The van der Waals surface area contributed by atoms with Crippen molar-refractivity contribution in [2.75, 3.05) is 26.0 Å². The average Bonchev–Trinajstić information content (AvgIpc) is 3.12. The van der Waals surface area contributed by atoms with Crippen LogP contribution >= 0.6 is 15.9 Å². The lowest BCUT2D eigenvalue weighted by atomic mass is 10.2. The molecule has 1 aromatic heterocycles. The van der Waals surface area contributed by atoms with Crippen molar-refractivity contribution in [2.45, 2.75) is 38.6 Å². The van der Waals surface area contributed by atoms with E-state index in [-0.39, 0.29) is 0 Å². The molecule has 1 aliphatic carbocycles. The molecule has 1 aromatic rings. The van der Waals surface area contributed by atoms with Gasteiger partial charge >= 0.3 is 0 Å². The Bertz CT molecular complexity index is 416. The minimum Gasteiger partial charge on any atom is -0.369 e. The van der Waals surface area contributed by atoms with Crippen LogP contribution in [0.5, 0.6) is 0 Å². The van der Waals surface area contributed by atoms with Crippen LogP contribution < -0.4 is 5.32 Å². The maximum atomic E-state index is 4.70. The van der Waals surface area contributed by atoms with Crippen LogP contribution in [0.2, 0.25) is 0 Å². The van der Waals surface area contributed by atoms with E-state index >= 15 is 0 Å². The van der Waals surface area contributed by atoms with Crippen LogP contribution in [0.4, 0.5) is 5.82 Å². The van der Waals surface area contributed by atoms with Crippen molar-refractivity contribution in [1.29, 1.82) is 0 Å². The summed E-state index contributed by atoms with van der Waals surface area (Å²) in [5, 5.41) is 3.38. The van der Waals surface area contributed by atoms with Crippen molar-refractivity contribution in [2.24, 2.45) is 0 Å². The fourth-order valence-electron chi connectivity index (χ4n) is 1.85. The molecule has 0 aliphatic heterocycles. The van der Waals surface area contributed by atoms with Gasteiger partial charge in [0, 0.05) is 12.5 Å². The molecule has 1 heterocycles. The number of anilines is 1. The van der Waals surface area contributed by atoms with Gasteiger partial charge in [0.05, 0.1) is 16.7 Å². The second kappa shape index (κ2) is 5.97. The molecule has 0 amide bonds. The average molecular weight is 313 g/mol. The molecule has 1 saturated carbocycles. The normalized spacial score (nSPS) is 15.2. The summed E-state index contributed by atoms with van der Waals surface area (Å²) in [4.78, 5) is 11.4. The summed E-state index contributed by atoms with van der Waals surface area (Å²) in [5.74, 6) is 2.49. The van der Waals surface area contributed by atoms with Gasteiger partial charge in [-0.1, -0.05) is 6.92 Å². The quantitative estimate of drug-likeness (QED) is 0.876. The maximum Gasteiger partial charge on any atom is 0.145 e. The van der Waals surface area contributed by atoms with Gasteiger partial charge in [0.1, 0.15) is 11.6 Å². The third-order valence-electron chi connectivity index (χ3n) is 2.89. The summed E-state index contributed by atoms with van der Waals surface area (Å²) in [6.07, 6.45) is 3.60. The first-order chi connectivity index (χ1) is 8.61. The number of rotatable bonds is 6. The molecule has 0 unspecified atom stereocenters. The maximum absolute atomic E-state index is 4.70. The molecular formula is C13H21BrN4. The third kappa shape index (κ3) is 3.42. The SMILES string of the molecule is CCCNc1nc(CN(C)C)nc(C2CC2)c1Br. The number of nitrogens with one attached hydrogen (secondary N) is 1. The molecule has 1 N–H and O–H groups in total. The van der Waals surface area contributed by atoms with Crippen LogP contribution in [-0.4, -0.2) is 35.5 Å². The lowest BCUT2D eigenvalue weighted by Gasteiger charge is -2.14. The number of hydrogen-bond donors (Lipinski definition) is 1. The highest BCUT2D eigenvalue weighted by molar-refractivity contribution is 9.10. The molecule has 0 atom stereocenters. The van der Waals surface area contributed by atoms with Crippen molar-refractivity contribution in [3.63, 3.8) is 0 Å². The molecule has 0 radical (unpaired) electrons. The van der Waals surface area contributed by atoms with Crippen LogP contribution in [0.3, 0.4) is 0 Å². The van der Waals surface area contributed by atoms with Gasteiger partial charge in [-0.25, -0.2) is 9.97 Å². The van der Waals surface area contributed by atoms with Gasteiger partial charge in [0.25, 0.3) is 0 Å². The van der Waals surface area contributed by atoms with E-state index in [0.717, 1.165) is 35.6 Å². The summed E-state index contributed by atoms with van der Waals surface area (Å²) >= 11 is 3.65. The molecule has 0 spiro atoms. The molecule has 18 heavy (non-hydrogen) atoms. The van der Waals surface area contributed by atoms with Crippen LogP contribution in [0.15, 0.2) is 4.47 Å². The summed E-state index contributed by atoms with van der Waals surface area (Å²) in [6.45, 7) is 3.89. The molecule has 2 rings (SSSR count). The monoisotopic (exact) mass is 312 g/mol. The standard InChI is InChI=1S/C13H21BrN4/c1-4-7-15-13-11(14)12(9-5-6-9)16-10(17-13)8-18(2)3/h9H,4-8H2,1-3H3,(H,15,16,17). The minimum absolute atomic E-state index is 0.630. The van der Waals surface area contributed by atoms with Gasteiger partial charge < -0.3 is 10.2 Å². The van der Waals surface area contributed by atoms with Crippen molar-refractivity contribution >= 4 is 21.7 Å². The van der Waals surface area contributed by atoms with Crippen molar-refractivity contribution < 1.29 is 0 Å². The highest BCUT2D eigenvalue weighted by Crippen LogP contribution is 2.43. The predicted molar refractivity (Wildman–Crippen MR) is 77.9 cm³/mol. The van der Waals surface area contributed by atoms with Crippen molar-refractivity contribution in [1.82, 2.24) is 14.9 Å². The van der Waals surface area contributed by atoms with E-state index in [0.29, 0.717) is 5.92 Å². The number of aromatic nitrogens is 2. The predicted octanol–water partition coefficient (Wildman–Crippen LogP) is 3.00. The first-order valence-corrected chi connectivity index (χ1v) is 7.36. The molecule has 0 aromatic carbocycles. The Morgan fingerprint density at radius 2 is 2.06 bits per heavy atom. The summed E-state index contributed by atoms with van der Waals surface area (Å²) in [7, 11) is 4.09. The lowest BCUT2D eigenvalue weighted by Crippen LogP contribution is -2.16. The highest BCUT2D eigenvalue weighted by Gasteiger charge is 2.29. The highest BCUT2D eigenvalue weighted by atomic mass is 79.9. The topological polar surface area (TPSA) is 41.1 Å². The van der Waals surface area contributed by atoms with Gasteiger partial charge in [-0.05, 0) is 49.3 Å². The summed E-state index contributed by atoms with van der Waals surface area (Å²) < 4.78 is 1.06. The fourth-order valence-corrected chi connectivity index (χ4v) is 2.50. The Morgan fingerprint density at radius 3 is 2.61 bits per heavy atom. The van der Waals surface area contributed by atoms with E-state index < -0.39 is 0 Å². The molecule has 0 bridgehead atoms. The third-order valence-corrected chi connectivity index (χ3v) is 3.67. The fraction of sp³-hybridized carbons (Fsp3) is 0.692.